The van der Waals surface area contributed by atoms with E-state index >= 15 is 0 Å². The number of halogens is 1. The van der Waals surface area contributed by atoms with Crippen LogP contribution < -0.4 is 5.46 Å². The Bertz CT molecular complexity index is 343. The Hall–Kier alpha value is -0.665. The molecule has 0 saturated heterocycles. The normalized spacial score (nSPS) is 9.77. The molecule has 68 valence electrons. The summed E-state index contributed by atoms with van der Waals surface area (Å²) in [5.74, 6) is -1.28. The van der Waals surface area contributed by atoms with Gasteiger partial charge in [0.1, 0.15) is 9.39 Å². The van der Waals surface area contributed by atoms with Crippen LogP contribution >= 0.6 is 22.6 Å². The Kier molecular flexibility index (Phi) is 3.23. The molecule has 0 unspecified atom stereocenters. The van der Waals surface area contributed by atoms with Crippen LogP contribution in [0.25, 0.3) is 0 Å². The fourth-order valence-electron chi connectivity index (χ4n) is 0.826. The molecule has 7 heteroatoms. The van der Waals surface area contributed by atoms with Crippen LogP contribution in [0.2, 0.25) is 0 Å². The number of carbonyl (C=O) groups is 1. The highest BCUT2D eigenvalue weighted by Gasteiger charge is 2.21. The average molecular weight is 293 g/mol. The summed E-state index contributed by atoms with van der Waals surface area (Å²) in [6.45, 7) is 0. The molecule has 0 amide bonds. The molecule has 1 heterocycles. The number of carboxylic acid groups (broad SMARTS) is 1. The molecule has 1 rings (SSSR count). The van der Waals surface area contributed by atoms with Gasteiger partial charge in [0.25, 0.3) is 0 Å². The summed E-state index contributed by atoms with van der Waals surface area (Å²) in [5, 5.41) is 26.2. The molecule has 0 aliphatic rings. The Balaban J connectivity index is 3.27. The van der Waals surface area contributed by atoms with Gasteiger partial charge in [-0.05, 0) is 28.7 Å². The second kappa shape index (κ2) is 4.03. The maximum atomic E-state index is 10.6. The van der Waals surface area contributed by atoms with E-state index < -0.39 is 13.1 Å². The lowest BCUT2D eigenvalue weighted by Gasteiger charge is -2.03. The number of hydrogen-bond donors (Lipinski definition) is 3. The molecule has 0 aliphatic heterocycles. The molecule has 0 saturated carbocycles. The summed E-state index contributed by atoms with van der Waals surface area (Å²) < 4.78 is 0.486. The third-order valence-corrected chi connectivity index (χ3v) is 1.97. The van der Waals surface area contributed by atoms with Gasteiger partial charge in [0.15, 0.2) is 0 Å². The van der Waals surface area contributed by atoms with Crippen LogP contribution in [-0.4, -0.2) is 33.2 Å². The Morgan fingerprint density at radius 1 is 1.46 bits per heavy atom. The van der Waals surface area contributed by atoms with E-state index in [9.17, 15) is 4.79 Å². The summed E-state index contributed by atoms with van der Waals surface area (Å²) in [4.78, 5) is 14.3. The molecule has 0 bridgehead atoms. The maximum Gasteiger partial charge on any atom is 0.490 e. The molecule has 5 nitrogen and oxygen atoms in total. The van der Waals surface area contributed by atoms with Crippen LogP contribution in [0.1, 0.15) is 10.5 Å². The van der Waals surface area contributed by atoms with E-state index in [-0.39, 0.29) is 11.2 Å². The highest BCUT2D eigenvalue weighted by atomic mass is 127. The summed E-state index contributed by atoms with van der Waals surface area (Å²) in [5.41, 5.74) is -0.435. The van der Waals surface area contributed by atoms with E-state index in [0.717, 1.165) is 0 Å². The van der Waals surface area contributed by atoms with Crippen molar-refractivity contribution < 1.29 is 19.9 Å². The van der Waals surface area contributed by atoms with Gasteiger partial charge in [-0.3, -0.25) is 0 Å². The average Bonchev–Trinajstić information content (AvgIpc) is 2.03. The second-order valence-corrected chi connectivity index (χ2v) is 3.36. The number of carboxylic acids is 1. The van der Waals surface area contributed by atoms with Gasteiger partial charge in [-0.1, -0.05) is 6.07 Å². The van der Waals surface area contributed by atoms with Crippen molar-refractivity contribution in [3.8, 4) is 0 Å². The van der Waals surface area contributed by atoms with Crippen LogP contribution in [0.3, 0.4) is 0 Å². The number of aromatic nitrogens is 1. The number of pyridine rings is 1. The SMILES string of the molecule is O=C(O)c1nc(I)ccc1B(O)O. The second-order valence-electron chi connectivity index (χ2n) is 2.25. The van der Waals surface area contributed by atoms with Gasteiger partial charge in [0.2, 0.25) is 0 Å². The molecule has 0 spiro atoms. The molecule has 0 aromatic carbocycles. The monoisotopic (exact) mass is 293 g/mol. The Morgan fingerprint density at radius 2 is 2.08 bits per heavy atom. The van der Waals surface area contributed by atoms with Crippen LogP contribution in [0.15, 0.2) is 12.1 Å². The van der Waals surface area contributed by atoms with Gasteiger partial charge in [-0.2, -0.15) is 0 Å². The number of rotatable bonds is 2. The summed E-state index contributed by atoms with van der Waals surface area (Å²) in [6, 6.07) is 2.82. The standard InChI is InChI=1S/C6H5BINO4/c8-4-2-1-3(7(12)13)5(9-4)6(10)11/h1-2,12-13H,(H,10,11). The van der Waals surface area contributed by atoms with Crippen molar-refractivity contribution in [3.05, 3.63) is 21.5 Å². The van der Waals surface area contributed by atoms with E-state index in [1.165, 1.54) is 12.1 Å². The van der Waals surface area contributed by atoms with Crippen LogP contribution in [0.5, 0.6) is 0 Å². The van der Waals surface area contributed by atoms with Gasteiger partial charge < -0.3 is 15.2 Å². The van der Waals surface area contributed by atoms with E-state index in [0.29, 0.717) is 3.70 Å². The van der Waals surface area contributed by atoms with E-state index in [1.54, 1.807) is 0 Å². The van der Waals surface area contributed by atoms with Crippen molar-refractivity contribution in [2.75, 3.05) is 0 Å². The van der Waals surface area contributed by atoms with Crippen molar-refractivity contribution in [3.63, 3.8) is 0 Å². The van der Waals surface area contributed by atoms with Crippen molar-refractivity contribution >= 4 is 41.1 Å². The van der Waals surface area contributed by atoms with Gasteiger partial charge in [-0.15, -0.1) is 0 Å². The molecule has 0 radical (unpaired) electrons. The zero-order valence-corrected chi connectivity index (χ0v) is 8.46. The molecule has 0 atom stereocenters. The third-order valence-electron chi connectivity index (χ3n) is 1.37. The lowest BCUT2D eigenvalue weighted by Crippen LogP contribution is -2.35. The van der Waals surface area contributed by atoms with Gasteiger partial charge in [0.05, 0.1) is 0 Å². The molecule has 1 aromatic heterocycles. The summed E-state index contributed by atoms with van der Waals surface area (Å²) in [7, 11) is -1.81. The summed E-state index contributed by atoms with van der Waals surface area (Å²) in [6.07, 6.45) is 0. The predicted molar refractivity (Wildman–Crippen MR) is 53.7 cm³/mol. The largest absolute Gasteiger partial charge is 0.490 e. The van der Waals surface area contributed by atoms with Gasteiger partial charge in [-0.25, -0.2) is 9.78 Å². The first-order valence-electron chi connectivity index (χ1n) is 3.28. The highest BCUT2D eigenvalue weighted by Crippen LogP contribution is 2.01. The first kappa shape index (κ1) is 10.4. The smallest absolute Gasteiger partial charge is 0.477 e. The minimum absolute atomic E-state index is 0.104. The van der Waals surface area contributed by atoms with Gasteiger partial charge >= 0.3 is 13.1 Å². The minimum Gasteiger partial charge on any atom is -0.477 e. The molecular weight excluding hydrogens is 288 g/mol. The van der Waals surface area contributed by atoms with Crippen molar-refractivity contribution in [2.45, 2.75) is 0 Å². The molecule has 1 aromatic rings. The molecule has 0 aliphatic carbocycles. The predicted octanol–water partition coefficient (Wildman–Crippen LogP) is -0.936. The van der Waals surface area contributed by atoms with Crippen LogP contribution in [-0.2, 0) is 0 Å². The first-order valence-corrected chi connectivity index (χ1v) is 4.36. The van der Waals surface area contributed by atoms with Crippen molar-refractivity contribution in [2.24, 2.45) is 0 Å². The lowest BCUT2D eigenvalue weighted by molar-refractivity contribution is 0.0691. The first-order chi connectivity index (χ1) is 6.02. The van der Waals surface area contributed by atoms with Gasteiger partial charge in [0, 0.05) is 5.46 Å². The summed E-state index contributed by atoms with van der Waals surface area (Å²) >= 11 is 1.84. The number of nitrogens with zero attached hydrogens (tertiary/aromatic N) is 1. The van der Waals surface area contributed by atoms with Crippen LogP contribution in [0.4, 0.5) is 0 Å². The highest BCUT2D eigenvalue weighted by molar-refractivity contribution is 14.1. The van der Waals surface area contributed by atoms with E-state index in [1.807, 2.05) is 22.6 Å². The molecular formula is C6H5BINO4. The quantitative estimate of drug-likeness (QED) is 0.372. The topological polar surface area (TPSA) is 90.7 Å². The molecule has 3 N–H and O–H groups in total. The zero-order chi connectivity index (χ0) is 10.0. The Labute approximate surface area is 87.7 Å². The number of aromatic carboxylic acids is 1. The fourth-order valence-corrected chi connectivity index (χ4v) is 1.25. The fraction of sp³-hybridized carbons (Fsp3) is 0. The minimum atomic E-state index is -1.81. The number of hydrogen-bond acceptors (Lipinski definition) is 4. The third kappa shape index (κ3) is 2.39. The van der Waals surface area contributed by atoms with E-state index in [4.69, 9.17) is 15.2 Å². The lowest BCUT2D eigenvalue weighted by atomic mass is 9.79. The van der Waals surface area contributed by atoms with E-state index in [2.05, 4.69) is 4.98 Å². The van der Waals surface area contributed by atoms with Crippen LogP contribution in [0, 0.1) is 3.70 Å². The Morgan fingerprint density at radius 3 is 2.54 bits per heavy atom. The van der Waals surface area contributed by atoms with Crippen molar-refractivity contribution in [1.29, 1.82) is 0 Å². The molecule has 13 heavy (non-hydrogen) atoms. The maximum absolute atomic E-state index is 10.6. The molecule has 0 fully saturated rings. The van der Waals surface area contributed by atoms with Crippen molar-refractivity contribution in [1.82, 2.24) is 4.98 Å². The zero-order valence-electron chi connectivity index (χ0n) is 6.31.